The summed E-state index contributed by atoms with van der Waals surface area (Å²) >= 11 is 0. The molecule has 0 saturated heterocycles. The molecule has 25 heavy (non-hydrogen) atoms. The molecule has 3 N–H and O–H groups in total. The maximum atomic E-state index is 13.5. The quantitative estimate of drug-likeness (QED) is 0.595. The highest BCUT2D eigenvalue weighted by Gasteiger charge is 2.12. The van der Waals surface area contributed by atoms with E-state index in [4.69, 9.17) is 5.73 Å². The fourth-order valence-corrected chi connectivity index (χ4v) is 2.45. The van der Waals surface area contributed by atoms with Gasteiger partial charge in [-0.2, -0.15) is 0 Å². The van der Waals surface area contributed by atoms with Gasteiger partial charge in [0.25, 0.3) is 0 Å². The number of imidazole rings is 1. The monoisotopic (exact) mass is 335 g/mol. The van der Waals surface area contributed by atoms with Crippen molar-refractivity contribution in [2.75, 3.05) is 11.1 Å². The van der Waals surface area contributed by atoms with Crippen LogP contribution in [0.2, 0.25) is 0 Å². The minimum absolute atomic E-state index is 0.365. The highest BCUT2D eigenvalue weighted by atomic mass is 19.1. The summed E-state index contributed by atoms with van der Waals surface area (Å²) in [6, 6.07) is 8.61. The molecule has 4 aromatic rings. The average Bonchev–Trinajstić information content (AvgIpc) is 3.05. The Balaban J connectivity index is 1.68. The number of halogens is 1. The third-order valence-electron chi connectivity index (χ3n) is 3.68. The summed E-state index contributed by atoms with van der Waals surface area (Å²) in [6.07, 6.45) is 6.18. The zero-order chi connectivity index (χ0) is 17.2. The van der Waals surface area contributed by atoms with Crippen molar-refractivity contribution in [3.63, 3.8) is 0 Å². The Morgan fingerprint density at radius 3 is 2.84 bits per heavy atom. The number of nitrogens with one attached hydrogen (secondary N) is 1. The van der Waals surface area contributed by atoms with Gasteiger partial charge in [-0.3, -0.25) is 9.38 Å². The van der Waals surface area contributed by atoms with E-state index < -0.39 is 0 Å². The van der Waals surface area contributed by atoms with Crippen LogP contribution in [0.4, 0.5) is 15.9 Å². The van der Waals surface area contributed by atoms with E-state index in [1.54, 1.807) is 22.9 Å². The maximum absolute atomic E-state index is 13.5. The molecule has 4 heterocycles. The van der Waals surface area contributed by atoms with Gasteiger partial charge >= 0.3 is 0 Å². The van der Waals surface area contributed by atoms with E-state index in [-0.39, 0.29) is 5.82 Å². The van der Waals surface area contributed by atoms with Crippen molar-refractivity contribution in [1.29, 1.82) is 0 Å². The first-order valence-corrected chi connectivity index (χ1v) is 7.60. The molecule has 0 radical (unpaired) electrons. The van der Waals surface area contributed by atoms with E-state index >= 15 is 0 Å². The Kier molecular flexibility index (Phi) is 3.70. The minimum atomic E-state index is -0.365. The fraction of sp³-hybridized carbons (Fsp3) is 0.0588. The summed E-state index contributed by atoms with van der Waals surface area (Å²) in [5.74, 6) is 0.522. The topological polar surface area (TPSA) is 94.0 Å². The number of nitrogens with two attached hydrogens (primary N) is 1. The van der Waals surface area contributed by atoms with Crippen LogP contribution in [0.1, 0.15) is 5.69 Å². The van der Waals surface area contributed by atoms with Gasteiger partial charge in [0.15, 0.2) is 11.6 Å². The lowest BCUT2D eigenvalue weighted by Gasteiger charge is -2.09. The van der Waals surface area contributed by atoms with E-state index in [0.717, 1.165) is 5.69 Å². The second-order valence-electron chi connectivity index (χ2n) is 5.39. The Bertz CT molecular complexity index is 1030. The summed E-state index contributed by atoms with van der Waals surface area (Å²) in [6.45, 7) is 0.475. The zero-order valence-corrected chi connectivity index (χ0v) is 13.1. The number of fused-ring (bicyclic) bond motifs is 1. The molecular weight excluding hydrogens is 321 g/mol. The van der Waals surface area contributed by atoms with Crippen molar-refractivity contribution in [1.82, 2.24) is 24.3 Å². The first-order valence-electron chi connectivity index (χ1n) is 7.60. The maximum Gasteiger partial charge on any atom is 0.180 e. The molecule has 0 unspecified atom stereocenters. The molecule has 124 valence electrons. The molecule has 0 amide bonds. The number of rotatable bonds is 4. The summed E-state index contributed by atoms with van der Waals surface area (Å²) in [5.41, 5.74) is 8.42. The highest BCUT2D eigenvalue weighted by molar-refractivity contribution is 5.65. The smallest absolute Gasteiger partial charge is 0.180 e. The highest BCUT2D eigenvalue weighted by Crippen LogP contribution is 2.22. The van der Waals surface area contributed by atoms with Crippen molar-refractivity contribution < 1.29 is 4.39 Å². The summed E-state index contributed by atoms with van der Waals surface area (Å²) in [7, 11) is 0. The van der Waals surface area contributed by atoms with Crippen LogP contribution in [0.5, 0.6) is 0 Å². The van der Waals surface area contributed by atoms with E-state index in [2.05, 4.69) is 25.3 Å². The third-order valence-corrected chi connectivity index (χ3v) is 3.68. The molecule has 4 aromatic heterocycles. The van der Waals surface area contributed by atoms with Crippen molar-refractivity contribution >= 4 is 17.2 Å². The molecule has 8 heteroatoms. The van der Waals surface area contributed by atoms with Gasteiger partial charge in [0, 0.05) is 12.4 Å². The minimum Gasteiger partial charge on any atom is -0.394 e. The number of nitrogen functional groups attached to an aromatic ring is 1. The van der Waals surface area contributed by atoms with Gasteiger partial charge in [-0.1, -0.05) is 6.07 Å². The molecular formula is C17H14FN7. The molecule has 0 atom stereocenters. The van der Waals surface area contributed by atoms with Crippen molar-refractivity contribution in [2.45, 2.75) is 6.54 Å². The summed E-state index contributed by atoms with van der Waals surface area (Å²) in [4.78, 5) is 17.2. The van der Waals surface area contributed by atoms with Crippen LogP contribution < -0.4 is 11.1 Å². The number of aromatic nitrogens is 5. The largest absolute Gasteiger partial charge is 0.394 e. The predicted molar refractivity (Wildman–Crippen MR) is 92.2 cm³/mol. The standard InChI is InChI=1S/C17H14FN7/c18-11-4-5-15-21-9-14(25(15)10-11)17-23-8-13(19)16(24-17)22-7-12-3-1-2-6-20-12/h1-6,8-10H,7,19H2,(H,22,23,24). The van der Waals surface area contributed by atoms with Gasteiger partial charge in [-0.25, -0.2) is 19.3 Å². The summed E-state index contributed by atoms with van der Waals surface area (Å²) < 4.78 is 15.1. The van der Waals surface area contributed by atoms with Crippen molar-refractivity contribution in [3.8, 4) is 11.5 Å². The van der Waals surface area contributed by atoms with Crippen LogP contribution in [-0.2, 0) is 6.54 Å². The summed E-state index contributed by atoms with van der Waals surface area (Å²) in [5, 5.41) is 3.15. The molecule has 7 nitrogen and oxygen atoms in total. The number of nitrogens with zero attached hydrogens (tertiary/aromatic N) is 5. The Labute approximate surface area is 142 Å². The van der Waals surface area contributed by atoms with Gasteiger partial charge < -0.3 is 11.1 Å². The molecule has 0 saturated carbocycles. The average molecular weight is 335 g/mol. The van der Waals surface area contributed by atoms with Crippen LogP contribution >= 0.6 is 0 Å². The first kappa shape index (κ1) is 15.0. The number of anilines is 2. The molecule has 0 fully saturated rings. The normalized spacial score (nSPS) is 10.9. The number of pyridine rings is 2. The number of hydrogen-bond donors (Lipinski definition) is 2. The molecule has 0 bridgehead atoms. The Morgan fingerprint density at radius 2 is 2.00 bits per heavy atom. The first-order chi connectivity index (χ1) is 12.2. The predicted octanol–water partition coefficient (Wildman–Crippen LogP) is 2.52. The third kappa shape index (κ3) is 2.97. The molecule has 0 aliphatic carbocycles. The molecule has 0 aliphatic heterocycles. The van der Waals surface area contributed by atoms with Gasteiger partial charge in [0.2, 0.25) is 0 Å². The van der Waals surface area contributed by atoms with Gasteiger partial charge in [-0.05, 0) is 24.3 Å². The second-order valence-corrected chi connectivity index (χ2v) is 5.39. The van der Waals surface area contributed by atoms with E-state index in [0.29, 0.717) is 35.2 Å². The fourth-order valence-electron chi connectivity index (χ4n) is 2.45. The second kappa shape index (κ2) is 6.16. The Morgan fingerprint density at radius 1 is 1.08 bits per heavy atom. The molecule has 0 spiro atoms. The Hall–Kier alpha value is -3.55. The molecule has 0 aromatic carbocycles. The lowest BCUT2D eigenvalue weighted by Crippen LogP contribution is -2.07. The lowest BCUT2D eigenvalue weighted by molar-refractivity contribution is 0.619. The van der Waals surface area contributed by atoms with E-state index in [1.165, 1.54) is 18.5 Å². The van der Waals surface area contributed by atoms with Crippen LogP contribution in [0.3, 0.4) is 0 Å². The SMILES string of the molecule is Nc1cnc(-c2cnc3ccc(F)cn23)nc1NCc1ccccn1. The zero-order valence-electron chi connectivity index (χ0n) is 13.1. The van der Waals surface area contributed by atoms with Crippen LogP contribution in [0.15, 0.2) is 55.1 Å². The van der Waals surface area contributed by atoms with Crippen LogP contribution in [-0.4, -0.2) is 24.3 Å². The van der Waals surface area contributed by atoms with Crippen molar-refractivity contribution in [3.05, 3.63) is 66.6 Å². The van der Waals surface area contributed by atoms with Gasteiger partial charge in [-0.15, -0.1) is 0 Å². The molecule has 4 rings (SSSR count). The lowest BCUT2D eigenvalue weighted by atomic mass is 10.3. The van der Waals surface area contributed by atoms with Crippen LogP contribution in [0.25, 0.3) is 17.2 Å². The molecule has 0 aliphatic rings. The van der Waals surface area contributed by atoms with Crippen molar-refractivity contribution in [2.24, 2.45) is 0 Å². The van der Waals surface area contributed by atoms with Gasteiger partial charge in [0.05, 0.1) is 30.3 Å². The number of hydrogen-bond acceptors (Lipinski definition) is 6. The van der Waals surface area contributed by atoms with Crippen LogP contribution in [0, 0.1) is 5.82 Å². The van der Waals surface area contributed by atoms with Gasteiger partial charge in [0.1, 0.15) is 17.2 Å². The van der Waals surface area contributed by atoms with E-state index in [1.807, 2.05) is 18.2 Å². The van der Waals surface area contributed by atoms with E-state index in [9.17, 15) is 4.39 Å².